The van der Waals surface area contributed by atoms with Gasteiger partial charge in [0, 0.05) is 18.5 Å². The number of hydrogen-bond acceptors (Lipinski definition) is 4. The Hall–Kier alpha value is -2.43. The number of rotatable bonds is 2. The summed E-state index contributed by atoms with van der Waals surface area (Å²) in [5.41, 5.74) is 7.51. The molecule has 3 rings (SSSR count). The van der Waals surface area contributed by atoms with Crippen LogP contribution in [-0.2, 0) is 7.05 Å². The van der Waals surface area contributed by atoms with Crippen LogP contribution >= 0.6 is 0 Å². The topological polar surface area (TPSA) is 66.2 Å². The van der Waals surface area contributed by atoms with Crippen LogP contribution in [0, 0.1) is 0 Å². The SMILES string of the molecule is COc1cccc2cc(-c3cc(N)no3)n(C)c12. The average Bonchev–Trinajstić information content (AvgIpc) is 2.93. The van der Waals surface area contributed by atoms with Crippen LogP contribution < -0.4 is 10.5 Å². The Labute approximate surface area is 104 Å². The molecule has 0 aliphatic heterocycles. The van der Waals surface area contributed by atoms with Gasteiger partial charge in [-0.1, -0.05) is 17.3 Å². The summed E-state index contributed by atoms with van der Waals surface area (Å²) in [6.07, 6.45) is 0. The van der Waals surface area contributed by atoms with Crippen LogP contribution in [-0.4, -0.2) is 16.8 Å². The number of fused-ring (bicyclic) bond motifs is 1. The molecule has 1 aromatic carbocycles. The van der Waals surface area contributed by atoms with Crippen molar-refractivity contribution in [1.82, 2.24) is 9.72 Å². The predicted molar refractivity (Wildman–Crippen MR) is 69.4 cm³/mol. The van der Waals surface area contributed by atoms with Crippen molar-refractivity contribution in [2.24, 2.45) is 7.05 Å². The lowest BCUT2D eigenvalue weighted by molar-refractivity contribution is 0.417. The maximum Gasteiger partial charge on any atom is 0.185 e. The van der Waals surface area contributed by atoms with Crippen molar-refractivity contribution >= 4 is 16.7 Å². The summed E-state index contributed by atoms with van der Waals surface area (Å²) in [7, 11) is 3.62. The summed E-state index contributed by atoms with van der Waals surface area (Å²) in [6.45, 7) is 0. The monoisotopic (exact) mass is 243 g/mol. The van der Waals surface area contributed by atoms with Gasteiger partial charge in [-0.05, 0) is 12.1 Å². The minimum Gasteiger partial charge on any atom is -0.495 e. The fraction of sp³-hybridized carbons (Fsp3) is 0.154. The largest absolute Gasteiger partial charge is 0.495 e. The maximum absolute atomic E-state index is 5.58. The van der Waals surface area contributed by atoms with Crippen LogP contribution in [0.15, 0.2) is 34.9 Å². The number of ether oxygens (including phenoxy) is 1. The molecule has 0 aliphatic rings. The fourth-order valence-electron chi connectivity index (χ4n) is 2.19. The van der Waals surface area contributed by atoms with Crippen molar-refractivity contribution in [1.29, 1.82) is 0 Å². The second-order valence-electron chi connectivity index (χ2n) is 4.10. The number of methoxy groups -OCH3 is 1. The van der Waals surface area contributed by atoms with Gasteiger partial charge in [0.05, 0.1) is 18.3 Å². The number of benzene rings is 1. The Kier molecular flexibility index (Phi) is 2.26. The van der Waals surface area contributed by atoms with Crippen LogP contribution in [0.5, 0.6) is 5.75 Å². The van der Waals surface area contributed by atoms with E-state index in [-0.39, 0.29) is 0 Å². The molecular weight excluding hydrogens is 230 g/mol. The number of para-hydroxylation sites is 1. The molecule has 0 unspecified atom stereocenters. The molecule has 2 heterocycles. The molecule has 3 aromatic rings. The first-order chi connectivity index (χ1) is 8.70. The zero-order valence-corrected chi connectivity index (χ0v) is 10.2. The maximum atomic E-state index is 5.58. The van der Waals surface area contributed by atoms with E-state index in [1.807, 2.05) is 35.9 Å². The molecule has 2 aromatic heterocycles. The number of hydrogen-bond donors (Lipinski definition) is 1. The Morgan fingerprint density at radius 2 is 2.17 bits per heavy atom. The van der Waals surface area contributed by atoms with Gasteiger partial charge in [-0.25, -0.2) is 0 Å². The number of nitrogen functional groups attached to an aromatic ring is 1. The van der Waals surface area contributed by atoms with Gasteiger partial charge < -0.3 is 19.6 Å². The van der Waals surface area contributed by atoms with Crippen molar-refractivity contribution in [3.05, 3.63) is 30.3 Å². The molecule has 0 fully saturated rings. The zero-order chi connectivity index (χ0) is 12.7. The molecule has 92 valence electrons. The van der Waals surface area contributed by atoms with E-state index in [1.54, 1.807) is 13.2 Å². The molecule has 0 aliphatic carbocycles. The van der Waals surface area contributed by atoms with Gasteiger partial charge in [-0.3, -0.25) is 0 Å². The lowest BCUT2D eigenvalue weighted by Gasteiger charge is -2.05. The summed E-state index contributed by atoms with van der Waals surface area (Å²) in [4.78, 5) is 0. The normalized spacial score (nSPS) is 11.0. The number of nitrogens with two attached hydrogens (primary N) is 1. The van der Waals surface area contributed by atoms with Gasteiger partial charge in [-0.2, -0.15) is 0 Å². The van der Waals surface area contributed by atoms with Crippen molar-refractivity contribution in [2.45, 2.75) is 0 Å². The lowest BCUT2D eigenvalue weighted by Crippen LogP contribution is -1.93. The van der Waals surface area contributed by atoms with Gasteiger partial charge in [-0.15, -0.1) is 0 Å². The van der Waals surface area contributed by atoms with Crippen LogP contribution in [0.3, 0.4) is 0 Å². The van der Waals surface area contributed by atoms with E-state index in [0.29, 0.717) is 11.6 Å². The van der Waals surface area contributed by atoms with Crippen LogP contribution in [0.4, 0.5) is 5.82 Å². The van der Waals surface area contributed by atoms with Gasteiger partial charge in [0.2, 0.25) is 0 Å². The highest BCUT2D eigenvalue weighted by Gasteiger charge is 2.14. The van der Waals surface area contributed by atoms with Crippen molar-refractivity contribution in [3.63, 3.8) is 0 Å². The van der Waals surface area contributed by atoms with Crippen molar-refractivity contribution < 1.29 is 9.26 Å². The van der Waals surface area contributed by atoms with Crippen molar-refractivity contribution in [2.75, 3.05) is 12.8 Å². The molecule has 2 N–H and O–H groups in total. The second-order valence-corrected chi connectivity index (χ2v) is 4.10. The molecule has 0 atom stereocenters. The molecule has 0 saturated heterocycles. The van der Waals surface area contributed by atoms with Crippen LogP contribution in [0.25, 0.3) is 22.4 Å². The van der Waals surface area contributed by atoms with Crippen LogP contribution in [0.2, 0.25) is 0 Å². The Morgan fingerprint density at radius 3 is 2.83 bits per heavy atom. The lowest BCUT2D eigenvalue weighted by atomic mass is 10.2. The van der Waals surface area contributed by atoms with Gasteiger partial charge in [0.15, 0.2) is 11.6 Å². The molecule has 0 saturated carbocycles. The first-order valence-electron chi connectivity index (χ1n) is 5.55. The fourth-order valence-corrected chi connectivity index (χ4v) is 2.19. The number of anilines is 1. The van der Waals surface area contributed by atoms with Gasteiger partial charge in [0.25, 0.3) is 0 Å². The van der Waals surface area contributed by atoms with E-state index < -0.39 is 0 Å². The summed E-state index contributed by atoms with van der Waals surface area (Å²) in [5.74, 6) is 1.85. The van der Waals surface area contributed by atoms with E-state index in [4.69, 9.17) is 15.0 Å². The molecule has 0 bridgehead atoms. The third-order valence-corrected chi connectivity index (χ3v) is 3.02. The number of aromatic nitrogens is 2. The molecule has 0 radical (unpaired) electrons. The van der Waals surface area contributed by atoms with E-state index >= 15 is 0 Å². The highest BCUT2D eigenvalue weighted by molar-refractivity contribution is 5.90. The standard InChI is InChI=1S/C13H13N3O2/c1-16-9(11-7-12(14)15-18-11)6-8-4-3-5-10(17-2)13(8)16/h3-7H,1-2H3,(H2,14,15). The quantitative estimate of drug-likeness (QED) is 0.750. The molecule has 0 amide bonds. The summed E-state index contributed by atoms with van der Waals surface area (Å²) < 4.78 is 12.6. The van der Waals surface area contributed by atoms with E-state index in [2.05, 4.69) is 5.16 Å². The third-order valence-electron chi connectivity index (χ3n) is 3.02. The second kappa shape index (κ2) is 3.80. The summed E-state index contributed by atoms with van der Waals surface area (Å²) >= 11 is 0. The minimum absolute atomic E-state index is 0.377. The molecule has 18 heavy (non-hydrogen) atoms. The predicted octanol–water partition coefficient (Wildman–Crippen LogP) is 2.42. The van der Waals surface area contributed by atoms with E-state index in [1.165, 1.54) is 0 Å². The Bertz CT molecular complexity index is 712. The smallest absolute Gasteiger partial charge is 0.185 e. The summed E-state index contributed by atoms with van der Waals surface area (Å²) in [6, 6.07) is 9.65. The Balaban J connectivity index is 2.29. The molecule has 0 spiro atoms. The first-order valence-corrected chi connectivity index (χ1v) is 5.55. The van der Waals surface area contributed by atoms with Gasteiger partial charge in [0.1, 0.15) is 5.75 Å². The third kappa shape index (κ3) is 1.44. The molecular formula is C13H13N3O2. The minimum atomic E-state index is 0.377. The molecule has 5 heteroatoms. The first kappa shape index (κ1) is 10.7. The molecule has 5 nitrogen and oxygen atoms in total. The number of nitrogens with zero attached hydrogens (tertiary/aromatic N) is 2. The van der Waals surface area contributed by atoms with E-state index in [0.717, 1.165) is 22.3 Å². The van der Waals surface area contributed by atoms with Crippen molar-refractivity contribution in [3.8, 4) is 17.2 Å². The van der Waals surface area contributed by atoms with E-state index in [9.17, 15) is 0 Å². The highest BCUT2D eigenvalue weighted by atomic mass is 16.5. The number of aryl methyl sites for hydroxylation is 1. The van der Waals surface area contributed by atoms with Crippen LogP contribution in [0.1, 0.15) is 0 Å². The zero-order valence-electron chi connectivity index (χ0n) is 10.2. The van der Waals surface area contributed by atoms with Gasteiger partial charge >= 0.3 is 0 Å². The summed E-state index contributed by atoms with van der Waals surface area (Å²) in [5, 5.41) is 4.79. The highest BCUT2D eigenvalue weighted by Crippen LogP contribution is 2.33. The average molecular weight is 243 g/mol. The Morgan fingerprint density at radius 1 is 1.33 bits per heavy atom.